The SMILES string of the molecule is CC(C)(C)OC(=O)NCCCN(CC1CCN(C(=O)OCc2ccccc2)C1)C(=O)OC(C)(C)C. The molecule has 35 heavy (non-hydrogen) atoms. The first-order valence-corrected chi connectivity index (χ1v) is 12.2. The fourth-order valence-electron chi connectivity index (χ4n) is 3.63. The Morgan fingerprint density at radius 3 is 2.31 bits per heavy atom. The molecule has 1 unspecified atom stereocenters. The standard InChI is InChI=1S/C26H41N3O6/c1-25(2,3)34-22(30)27-14-10-15-28(24(32)35-26(4,5)6)17-21-13-16-29(18-21)23(31)33-19-20-11-8-7-9-12-20/h7-9,11-12,21H,10,13-19H2,1-6H3,(H,27,30). The molecule has 0 radical (unpaired) electrons. The van der Waals surface area contributed by atoms with E-state index in [0.29, 0.717) is 39.1 Å². The number of carbonyl (C=O) groups is 3. The number of carbonyl (C=O) groups excluding carboxylic acids is 3. The summed E-state index contributed by atoms with van der Waals surface area (Å²) in [6.45, 7) is 13.5. The van der Waals surface area contributed by atoms with Crippen molar-refractivity contribution >= 4 is 18.3 Å². The van der Waals surface area contributed by atoms with Crippen molar-refractivity contribution in [1.82, 2.24) is 15.1 Å². The largest absolute Gasteiger partial charge is 0.445 e. The topological polar surface area (TPSA) is 97.4 Å². The second-order valence-electron chi connectivity index (χ2n) is 10.8. The third-order valence-electron chi connectivity index (χ3n) is 5.15. The van der Waals surface area contributed by atoms with E-state index in [1.165, 1.54) is 0 Å². The van der Waals surface area contributed by atoms with Crippen LogP contribution in [-0.2, 0) is 20.8 Å². The van der Waals surface area contributed by atoms with Gasteiger partial charge in [0.1, 0.15) is 17.8 Å². The number of nitrogens with zero attached hydrogens (tertiary/aromatic N) is 2. The first kappa shape index (κ1) is 28.3. The molecule has 0 spiro atoms. The second kappa shape index (κ2) is 12.7. The quantitative estimate of drug-likeness (QED) is 0.415. The van der Waals surface area contributed by atoms with Crippen LogP contribution in [0.15, 0.2) is 30.3 Å². The van der Waals surface area contributed by atoms with E-state index in [9.17, 15) is 14.4 Å². The first-order valence-electron chi connectivity index (χ1n) is 12.2. The molecular weight excluding hydrogens is 450 g/mol. The van der Waals surface area contributed by atoms with Crippen LogP contribution >= 0.6 is 0 Å². The van der Waals surface area contributed by atoms with Crippen LogP contribution in [0, 0.1) is 5.92 Å². The molecule has 1 aromatic rings. The van der Waals surface area contributed by atoms with Crippen molar-refractivity contribution in [2.75, 3.05) is 32.7 Å². The molecule has 0 saturated carbocycles. The van der Waals surface area contributed by atoms with Crippen LogP contribution in [0.3, 0.4) is 0 Å². The number of rotatable bonds is 8. The van der Waals surface area contributed by atoms with Crippen molar-refractivity contribution in [3.63, 3.8) is 0 Å². The highest BCUT2D eigenvalue weighted by Crippen LogP contribution is 2.20. The van der Waals surface area contributed by atoms with E-state index in [-0.39, 0.29) is 18.6 Å². The zero-order chi connectivity index (χ0) is 26.1. The Bertz CT molecular complexity index is 832. The lowest BCUT2D eigenvalue weighted by Crippen LogP contribution is -2.42. The van der Waals surface area contributed by atoms with Crippen LogP contribution in [0.4, 0.5) is 14.4 Å². The van der Waals surface area contributed by atoms with Crippen LogP contribution in [0.5, 0.6) is 0 Å². The summed E-state index contributed by atoms with van der Waals surface area (Å²) in [5.41, 5.74) is -0.247. The van der Waals surface area contributed by atoms with Gasteiger partial charge in [-0.3, -0.25) is 0 Å². The van der Waals surface area contributed by atoms with Crippen molar-refractivity contribution in [2.24, 2.45) is 5.92 Å². The maximum absolute atomic E-state index is 12.8. The van der Waals surface area contributed by atoms with E-state index < -0.39 is 23.4 Å². The third kappa shape index (κ3) is 11.3. The van der Waals surface area contributed by atoms with Gasteiger partial charge in [0.25, 0.3) is 0 Å². The number of likely N-dealkylation sites (tertiary alicyclic amines) is 1. The Morgan fingerprint density at radius 1 is 1.03 bits per heavy atom. The molecule has 9 nitrogen and oxygen atoms in total. The fourth-order valence-corrected chi connectivity index (χ4v) is 3.63. The fraction of sp³-hybridized carbons (Fsp3) is 0.654. The summed E-state index contributed by atoms with van der Waals surface area (Å²) in [6, 6.07) is 9.56. The molecular formula is C26H41N3O6. The van der Waals surface area contributed by atoms with E-state index >= 15 is 0 Å². The van der Waals surface area contributed by atoms with Crippen LogP contribution in [-0.4, -0.2) is 72.0 Å². The van der Waals surface area contributed by atoms with Crippen molar-refractivity contribution in [3.05, 3.63) is 35.9 Å². The van der Waals surface area contributed by atoms with Gasteiger partial charge in [-0.05, 0) is 65.9 Å². The molecule has 196 valence electrons. The number of nitrogens with one attached hydrogen (secondary N) is 1. The Morgan fingerprint density at radius 2 is 1.69 bits per heavy atom. The summed E-state index contributed by atoms with van der Waals surface area (Å²) < 4.78 is 16.3. The van der Waals surface area contributed by atoms with Gasteiger partial charge in [0.05, 0.1) is 0 Å². The molecule has 1 heterocycles. The number of hydrogen-bond donors (Lipinski definition) is 1. The lowest BCUT2D eigenvalue weighted by Gasteiger charge is -2.29. The molecule has 3 amide bonds. The molecule has 1 aliphatic rings. The number of ether oxygens (including phenoxy) is 3. The first-order chi connectivity index (χ1) is 16.3. The highest BCUT2D eigenvalue weighted by molar-refractivity contribution is 5.69. The molecule has 9 heteroatoms. The van der Waals surface area contributed by atoms with Gasteiger partial charge < -0.3 is 29.3 Å². The molecule has 0 aromatic heterocycles. The smallest absolute Gasteiger partial charge is 0.410 e. The molecule has 1 aromatic carbocycles. The number of benzene rings is 1. The molecule has 1 saturated heterocycles. The van der Waals surface area contributed by atoms with Crippen molar-refractivity contribution in [3.8, 4) is 0 Å². The van der Waals surface area contributed by atoms with Gasteiger partial charge >= 0.3 is 18.3 Å². The zero-order valence-corrected chi connectivity index (χ0v) is 22.0. The van der Waals surface area contributed by atoms with Gasteiger partial charge in [-0.1, -0.05) is 30.3 Å². The normalized spacial score (nSPS) is 15.9. The number of amides is 3. The monoisotopic (exact) mass is 491 g/mol. The Labute approximate surface area is 209 Å². The minimum Gasteiger partial charge on any atom is -0.445 e. The van der Waals surface area contributed by atoms with Gasteiger partial charge in [0, 0.05) is 32.7 Å². The van der Waals surface area contributed by atoms with Crippen molar-refractivity contribution in [2.45, 2.75) is 72.2 Å². The van der Waals surface area contributed by atoms with Gasteiger partial charge in [-0.25, -0.2) is 14.4 Å². The Kier molecular flexibility index (Phi) is 10.2. The van der Waals surface area contributed by atoms with Crippen LogP contribution in [0.25, 0.3) is 0 Å². The van der Waals surface area contributed by atoms with E-state index in [2.05, 4.69) is 5.32 Å². The maximum Gasteiger partial charge on any atom is 0.410 e. The summed E-state index contributed by atoms with van der Waals surface area (Å²) in [6.07, 6.45) is 0.0904. The summed E-state index contributed by atoms with van der Waals surface area (Å²) in [5.74, 6) is 0.116. The van der Waals surface area contributed by atoms with Gasteiger partial charge in [0.2, 0.25) is 0 Å². The summed E-state index contributed by atoms with van der Waals surface area (Å²) in [7, 11) is 0. The Balaban J connectivity index is 1.85. The molecule has 1 fully saturated rings. The molecule has 0 bridgehead atoms. The van der Waals surface area contributed by atoms with E-state index in [4.69, 9.17) is 14.2 Å². The van der Waals surface area contributed by atoms with Gasteiger partial charge in [0.15, 0.2) is 0 Å². The number of hydrogen-bond acceptors (Lipinski definition) is 6. The van der Waals surface area contributed by atoms with Crippen LogP contribution in [0.2, 0.25) is 0 Å². The lowest BCUT2D eigenvalue weighted by molar-refractivity contribution is 0.0220. The van der Waals surface area contributed by atoms with Crippen LogP contribution in [0.1, 0.15) is 59.9 Å². The minimum atomic E-state index is -0.618. The second-order valence-corrected chi connectivity index (χ2v) is 10.8. The highest BCUT2D eigenvalue weighted by Gasteiger charge is 2.31. The molecule has 0 aliphatic carbocycles. The maximum atomic E-state index is 12.8. The average Bonchev–Trinajstić information content (AvgIpc) is 3.21. The molecule has 2 rings (SSSR count). The summed E-state index contributed by atoms with van der Waals surface area (Å²) in [4.78, 5) is 40.5. The molecule has 1 N–H and O–H groups in total. The zero-order valence-electron chi connectivity index (χ0n) is 22.0. The van der Waals surface area contributed by atoms with Gasteiger partial charge in [-0.2, -0.15) is 0 Å². The van der Waals surface area contributed by atoms with Crippen LogP contribution < -0.4 is 5.32 Å². The predicted octanol–water partition coefficient (Wildman–Crippen LogP) is 4.80. The lowest BCUT2D eigenvalue weighted by atomic mass is 10.1. The van der Waals surface area contributed by atoms with E-state index in [1.807, 2.05) is 51.1 Å². The van der Waals surface area contributed by atoms with E-state index in [0.717, 1.165) is 12.0 Å². The minimum absolute atomic E-state index is 0.116. The Hall–Kier alpha value is -2.97. The molecule has 1 atom stereocenters. The van der Waals surface area contributed by atoms with Crippen molar-refractivity contribution < 1.29 is 28.6 Å². The average molecular weight is 492 g/mol. The third-order valence-corrected chi connectivity index (χ3v) is 5.15. The molecule has 1 aliphatic heterocycles. The highest BCUT2D eigenvalue weighted by atomic mass is 16.6. The predicted molar refractivity (Wildman–Crippen MR) is 133 cm³/mol. The van der Waals surface area contributed by atoms with Crippen molar-refractivity contribution in [1.29, 1.82) is 0 Å². The summed E-state index contributed by atoms with van der Waals surface area (Å²) >= 11 is 0. The number of alkyl carbamates (subject to hydrolysis) is 1. The summed E-state index contributed by atoms with van der Waals surface area (Å²) in [5, 5.41) is 2.72. The van der Waals surface area contributed by atoms with E-state index in [1.54, 1.807) is 30.6 Å². The van der Waals surface area contributed by atoms with Gasteiger partial charge in [-0.15, -0.1) is 0 Å².